The van der Waals surface area contributed by atoms with Crippen LogP contribution in [0.1, 0.15) is 15.9 Å². The Hall–Kier alpha value is -3.44. The molecule has 11 heteroatoms. The van der Waals surface area contributed by atoms with E-state index in [1.54, 1.807) is 31.2 Å². The highest BCUT2D eigenvalue weighted by Crippen LogP contribution is 2.22. The van der Waals surface area contributed by atoms with E-state index in [0.29, 0.717) is 16.9 Å². The maximum atomic E-state index is 12.3. The van der Waals surface area contributed by atoms with Crippen LogP contribution in [0.2, 0.25) is 0 Å². The first-order valence-corrected chi connectivity index (χ1v) is 10.9. The number of hydrogen-bond donors (Lipinski definition) is 2. The van der Waals surface area contributed by atoms with Crippen LogP contribution >= 0.6 is 0 Å². The van der Waals surface area contributed by atoms with Gasteiger partial charge in [0, 0.05) is 25.3 Å². The number of hydrogen-bond acceptors (Lipinski definition) is 7. The van der Waals surface area contributed by atoms with E-state index < -0.39 is 41.0 Å². The van der Waals surface area contributed by atoms with Crippen LogP contribution in [-0.2, 0) is 24.3 Å². The minimum absolute atomic E-state index is 0.0145. The van der Waals surface area contributed by atoms with Crippen molar-refractivity contribution >= 4 is 33.5 Å². The molecular weight excluding hydrogens is 438 g/mol. The molecule has 10 nitrogen and oxygen atoms in total. The number of amides is 2. The first-order chi connectivity index (χ1) is 15.0. The Morgan fingerprint density at radius 3 is 2.44 bits per heavy atom. The molecule has 0 saturated heterocycles. The van der Waals surface area contributed by atoms with Gasteiger partial charge in [-0.3, -0.25) is 14.4 Å². The molecule has 0 aliphatic heterocycles. The van der Waals surface area contributed by atoms with Crippen molar-refractivity contribution in [1.82, 2.24) is 9.62 Å². The second-order valence-electron chi connectivity index (χ2n) is 6.89. The Labute approximate surface area is 186 Å². The molecule has 2 amide bonds. The molecule has 2 aromatic carbocycles. The van der Waals surface area contributed by atoms with E-state index in [1.807, 2.05) is 0 Å². The molecule has 0 unspecified atom stereocenters. The van der Waals surface area contributed by atoms with Gasteiger partial charge in [-0.05, 0) is 42.8 Å². The van der Waals surface area contributed by atoms with Gasteiger partial charge in [0.2, 0.25) is 10.0 Å². The van der Waals surface area contributed by atoms with Gasteiger partial charge in [-0.1, -0.05) is 12.1 Å². The fourth-order valence-electron chi connectivity index (χ4n) is 2.51. The fraction of sp³-hybridized carbons (Fsp3) is 0.286. The van der Waals surface area contributed by atoms with Crippen molar-refractivity contribution in [2.45, 2.75) is 11.8 Å². The summed E-state index contributed by atoms with van der Waals surface area (Å²) in [7, 11) is 0.604. The van der Waals surface area contributed by atoms with Crippen molar-refractivity contribution in [3.63, 3.8) is 0 Å². The minimum Gasteiger partial charge on any atom is -0.497 e. The van der Waals surface area contributed by atoms with Gasteiger partial charge in [0.1, 0.15) is 12.3 Å². The fourth-order valence-corrected chi connectivity index (χ4v) is 3.44. The Kier molecular flexibility index (Phi) is 8.33. The number of sulfonamides is 1. The Morgan fingerprint density at radius 2 is 1.78 bits per heavy atom. The average Bonchev–Trinajstić information content (AvgIpc) is 2.77. The van der Waals surface area contributed by atoms with Crippen molar-refractivity contribution in [3.8, 4) is 5.75 Å². The third-order valence-electron chi connectivity index (χ3n) is 4.35. The summed E-state index contributed by atoms with van der Waals surface area (Å²) in [5.74, 6) is -1.47. The second-order valence-corrected chi connectivity index (χ2v) is 9.04. The molecule has 0 heterocycles. The Balaban J connectivity index is 1.89. The maximum absolute atomic E-state index is 12.3. The summed E-state index contributed by atoms with van der Waals surface area (Å²) in [4.78, 5) is 36.1. The first kappa shape index (κ1) is 24.8. The first-order valence-electron chi connectivity index (χ1n) is 9.45. The number of carbonyl (C=O) groups is 3. The Bertz CT molecular complexity index is 1110. The van der Waals surface area contributed by atoms with Crippen LogP contribution in [0.4, 0.5) is 5.69 Å². The van der Waals surface area contributed by atoms with Crippen molar-refractivity contribution in [3.05, 3.63) is 53.6 Å². The van der Waals surface area contributed by atoms with Crippen LogP contribution < -0.4 is 15.4 Å². The molecule has 0 atom stereocenters. The zero-order valence-electron chi connectivity index (χ0n) is 18.2. The van der Waals surface area contributed by atoms with Crippen molar-refractivity contribution < 1.29 is 32.3 Å². The largest absolute Gasteiger partial charge is 0.497 e. The van der Waals surface area contributed by atoms with Crippen molar-refractivity contribution in [1.29, 1.82) is 0 Å². The number of aryl methyl sites for hydroxylation is 1. The molecule has 2 rings (SSSR count). The van der Waals surface area contributed by atoms with E-state index in [2.05, 4.69) is 10.6 Å². The van der Waals surface area contributed by atoms with Crippen LogP contribution in [0.3, 0.4) is 0 Å². The lowest BCUT2D eigenvalue weighted by molar-refractivity contribution is -0.146. The molecule has 32 heavy (non-hydrogen) atoms. The smallest absolute Gasteiger partial charge is 0.325 e. The molecule has 0 radical (unpaired) electrons. The van der Waals surface area contributed by atoms with E-state index in [0.717, 1.165) is 4.31 Å². The van der Waals surface area contributed by atoms with E-state index in [4.69, 9.17) is 9.47 Å². The number of nitrogens with one attached hydrogen (secondary N) is 2. The van der Waals surface area contributed by atoms with Gasteiger partial charge >= 0.3 is 5.97 Å². The van der Waals surface area contributed by atoms with E-state index in [9.17, 15) is 22.8 Å². The predicted octanol–water partition coefficient (Wildman–Crippen LogP) is 1.17. The SMILES string of the molecule is COc1cccc(C(=O)NCC(=O)OCC(=O)Nc2cc(S(=O)(=O)N(C)C)ccc2C)c1. The highest BCUT2D eigenvalue weighted by molar-refractivity contribution is 7.89. The van der Waals surface area contributed by atoms with Gasteiger partial charge in [0.15, 0.2) is 6.61 Å². The molecule has 0 saturated carbocycles. The third-order valence-corrected chi connectivity index (χ3v) is 6.16. The van der Waals surface area contributed by atoms with Gasteiger partial charge in [-0.15, -0.1) is 0 Å². The number of esters is 1. The molecule has 0 aliphatic carbocycles. The molecular formula is C21H25N3O7S. The zero-order valence-corrected chi connectivity index (χ0v) is 19.0. The van der Waals surface area contributed by atoms with Crippen LogP contribution in [0.15, 0.2) is 47.4 Å². The van der Waals surface area contributed by atoms with Crippen LogP contribution in [0.25, 0.3) is 0 Å². The van der Waals surface area contributed by atoms with Gasteiger partial charge in [-0.2, -0.15) is 0 Å². The second kappa shape index (κ2) is 10.7. The topological polar surface area (TPSA) is 131 Å². The van der Waals surface area contributed by atoms with E-state index in [1.165, 1.54) is 39.4 Å². The molecule has 172 valence electrons. The third kappa shape index (κ3) is 6.53. The van der Waals surface area contributed by atoms with Gasteiger partial charge in [-0.25, -0.2) is 12.7 Å². The minimum atomic E-state index is -3.67. The monoisotopic (exact) mass is 463 g/mol. The van der Waals surface area contributed by atoms with Crippen LogP contribution in [0, 0.1) is 6.92 Å². The summed E-state index contributed by atoms with van der Waals surface area (Å²) in [6, 6.07) is 10.7. The van der Waals surface area contributed by atoms with Gasteiger partial charge < -0.3 is 20.1 Å². The lowest BCUT2D eigenvalue weighted by Crippen LogP contribution is -2.32. The summed E-state index contributed by atoms with van der Waals surface area (Å²) in [5, 5.41) is 4.92. The summed E-state index contributed by atoms with van der Waals surface area (Å²) in [6.45, 7) is 0.665. The molecule has 0 spiro atoms. The number of benzene rings is 2. The number of anilines is 1. The molecule has 0 aliphatic rings. The number of nitrogens with zero attached hydrogens (tertiary/aromatic N) is 1. The van der Waals surface area contributed by atoms with E-state index in [-0.39, 0.29) is 10.6 Å². The normalized spacial score (nSPS) is 11.0. The number of ether oxygens (including phenoxy) is 2. The lowest BCUT2D eigenvalue weighted by atomic mass is 10.2. The average molecular weight is 464 g/mol. The molecule has 0 aromatic heterocycles. The standard InChI is InChI=1S/C21H25N3O7S/c1-14-8-9-17(32(28,29)24(2)3)11-18(14)23-19(25)13-31-20(26)12-22-21(27)15-6-5-7-16(10-15)30-4/h5-11H,12-13H2,1-4H3,(H,22,27)(H,23,25). The lowest BCUT2D eigenvalue weighted by Gasteiger charge is -2.14. The summed E-state index contributed by atoms with van der Waals surface area (Å²) < 4.78 is 35.5. The summed E-state index contributed by atoms with van der Waals surface area (Å²) in [6.07, 6.45) is 0. The van der Waals surface area contributed by atoms with Crippen LogP contribution in [0.5, 0.6) is 5.75 Å². The predicted molar refractivity (Wildman–Crippen MR) is 117 cm³/mol. The van der Waals surface area contributed by atoms with Crippen LogP contribution in [-0.4, -0.2) is 64.9 Å². The quantitative estimate of drug-likeness (QED) is 0.534. The number of rotatable bonds is 9. The Morgan fingerprint density at radius 1 is 1.06 bits per heavy atom. The summed E-state index contributed by atoms with van der Waals surface area (Å²) >= 11 is 0. The van der Waals surface area contributed by atoms with Crippen molar-refractivity contribution in [2.24, 2.45) is 0 Å². The molecule has 0 fully saturated rings. The van der Waals surface area contributed by atoms with Gasteiger partial charge in [0.25, 0.3) is 11.8 Å². The van der Waals surface area contributed by atoms with E-state index >= 15 is 0 Å². The zero-order chi connectivity index (χ0) is 23.9. The summed E-state index contributed by atoms with van der Waals surface area (Å²) in [5.41, 5.74) is 1.21. The molecule has 0 bridgehead atoms. The molecule has 2 aromatic rings. The van der Waals surface area contributed by atoms with Gasteiger partial charge in [0.05, 0.1) is 12.0 Å². The molecule has 2 N–H and O–H groups in total. The number of carbonyl (C=O) groups excluding carboxylic acids is 3. The highest BCUT2D eigenvalue weighted by atomic mass is 32.2. The highest BCUT2D eigenvalue weighted by Gasteiger charge is 2.19. The number of methoxy groups -OCH3 is 1. The van der Waals surface area contributed by atoms with Crippen molar-refractivity contribution in [2.75, 3.05) is 39.7 Å². The maximum Gasteiger partial charge on any atom is 0.325 e.